The molecule has 168 valence electrons. The number of carbonyl (C=O) groups excluding carboxylic acids is 2. The largest absolute Gasteiger partial charge is 0.417 e. The van der Waals surface area contributed by atoms with E-state index < -0.39 is 28.4 Å². The van der Waals surface area contributed by atoms with Gasteiger partial charge in [-0.3, -0.25) is 23.5 Å². The van der Waals surface area contributed by atoms with E-state index in [9.17, 15) is 32.3 Å². The van der Waals surface area contributed by atoms with Crippen molar-refractivity contribution >= 4 is 22.8 Å². The van der Waals surface area contributed by atoms with Crippen molar-refractivity contribution in [3.63, 3.8) is 0 Å². The van der Waals surface area contributed by atoms with E-state index in [1.165, 1.54) is 18.9 Å². The number of nitrogens with one attached hydrogen (secondary N) is 1. The Labute approximate surface area is 174 Å². The monoisotopic (exact) mass is 441 g/mol. The smallest absolute Gasteiger partial charge is 0.347 e. The van der Waals surface area contributed by atoms with Crippen molar-refractivity contribution < 1.29 is 22.8 Å². The molecule has 3 heterocycles. The highest BCUT2D eigenvalue weighted by Gasteiger charge is 2.37. The molecule has 1 fully saturated rings. The number of amides is 2. The molecule has 0 bridgehead atoms. The number of rotatable bonds is 3. The quantitative estimate of drug-likeness (QED) is 0.747. The third-order valence-corrected chi connectivity index (χ3v) is 5.49. The van der Waals surface area contributed by atoms with Crippen LogP contribution in [-0.4, -0.2) is 50.5 Å². The second-order valence-electron chi connectivity index (χ2n) is 7.56. The molecular weight excluding hydrogens is 419 g/mol. The topological polar surface area (TPSA) is 106 Å². The number of likely N-dealkylation sites (tertiary alicyclic amines) is 1. The maximum absolute atomic E-state index is 13.8. The zero-order chi connectivity index (χ0) is 23.1. The van der Waals surface area contributed by atoms with Gasteiger partial charge >= 0.3 is 11.9 Å². The van der Waals surface area contributed by atoms with Gasteiger partial charge in [0.05, 0.1) is 17.5 Å². The number of nitrogens with zero attached hydrogens (tertiary/aromatic N) is 4. The summed E-state index contributed by atoms with van der Waals surface area (Å²) in [5, 5.41) is 1.77. The molecule has 0 spiro atoms. The van der Waals surface area contributed by atoms with Gasteiger partial charge in [0.15, 0.2) is 0 Å². The lowest BCUT2D eigenvalue weighted by molar-refractivity contribution is -0.136. The molecule has 2 aromatic heterocycles. The predicted molar refractivity (Wildman–Crippen MR) is 104 cm³/mol. The van der Waals surface area contributed by atoms with E-state index in [1.807, 2.05) is 0 Å². The van der Waals surface area contributed by atoms with Crippen molar-refractivity contribution in [2.45, 2.75) is 31.9 Å². The minimum absolute atomic E-state index is 0.122. The third kappa shape index (κ3) is 4.32. The van der Waals surface area contributed by atoms with Crippen LogP contribution in [0, 0.1) is 0 Å². The maximum Gasteiger partial charge on any atom is 0.417 e. The van der Waals surface area contributed by atoms with Crippen molar-refractivity contribution in [3.05, 3.63) is 38.2 Å². The van der Waals surface area contributed by atoms with Gasteiger partial charge in [-0.05, 0) is 18.9 Å². The highest BCUT2D eigenvalue weighted by atomic mass is 19.4. The van der Waals surface area contributed by atoms with Crippen molar-refractivity contribution in [1.82, 2.24) is 24.3 Å². The molecular formula is C19H22F3N5O4. The zero-order valence-corrected chi connectivity index (χ0v) is 17.2. The molecule has 2 amide bonds. The predicted octanol–water partition coefficient (Wildman–Crippen LogP) is 0.493. The fourth-order valence-corrected chi connectivity index (χ4v) is 3.74. The van der Waals surface area contributed by atoms with Gasteiger partial charge in [-0.2, -0.15) is 13.2 Å². The molecule has 0 atom stereocenters. The summed E-state index contributed by atoms with van der Waals surface area (Å²) in [6.45, 7) is 1.74. The van der Waals surface area contributed by atoms with E-state index in [1.54, 1.807) is 0 Å². The molecule has 31 heavy (non-hydrogen) atoms. The summed E-state index contributed by atoms with van der Waals surface area (Å²) in [5.74, 6) is -0.989. The van der Waals surface area contributed by atoms with E-state index in [4.69, 9.17) is 0 Å². The first-order valence-electron chi connectivity index (χ1n) is 9.62. The summed E-state index contributed by atoms with van der Waals surface area (Å²) < 4.78 is 42.9. The molecule has 0 saturated carbocycles. The first-order valence-corrected chi connectivity index (χ1v) is 9.62. The Morgan fingerprint density at radius 2 is 1.77 bits per heavy atom. The molecule has 1 saturated heterocycles. The van der Waals surface area contributed by atoms with Crippen LogP contribution in [0.1, 0.15) is 36.9 Å². The Morgan fingerprint density at radius 3 is 2.32 bits per heavy atom. The molecule has 1 N–H and O–H groups in total. The number of fused-ring (bicyclic) bond motifs is 1. The van der Waals surface area contributed by atoms with Gasteiger partial charge in [-0.25, -0.2) is 9.78 Å². The minimum atomic E-state index is -4.81. The summed E-state index contributed by atoms with van der Waals surface area (Å²) in [6.07, 6.45) is -4.09. The van der Waals surface area contributed by atoms with Crippen LogP contribution < -0.4 is 16.6 Å². The molecule has 12 heteroatoms. The summed E-state index contributed by atoms with van der Waals surface area (Å²) in [6, 6.07) is 0.869. The standard InChI is InChI=1S/C19H22F3N5O4/c1-10(28)23-9-14(29)27-6-4-11(5-7-27)13-8-12(19(20,21)22)15-16(24-13)25(2)18(31)26(3)17(15)30/h8,11H,4-7,9H2,1-3H3,(H,23,28). The lowest BCUT2D eigenvalue weighted by Crippen LogP contribution is -2.43. The van der Waals surface area contributed by atoms with E-state index >= 15 is 0 Å². The molecule has 9 nitrogen and oxygen atoms in total. The first kappa shape index (κ1) is 22.5. The van der Waals surface area contributed by atoms with Crippen LogP contribution in [0.25, 0.3) is 11.0 Å². The van der Waals surface area contributed by atoms with Crippen molar-refractivity contribution in [2.75, 3.05) is 19.6 Å². The van der Waals surface area contributed by atoms with Gasteiger partial charge in [0, 0.05) is 45.7 Å². The Morgan fingerprint density at radius 1 is 1.16 bits per heavy atom. The Kier molecular flexibility index (Phi) is 5.92. The minimum Gasteiger partial charge on any atom is -0.347 e. The number of hydrogen-bond donors (Lipinski definition) is 1. The average molecular weight is 441 g/mol. The highest BCUT2D eigenvalue weighted by molar-refractivity contribution is 5.83. The molecule has 0 radical (unpaired) electrons. The van der Waals surface area contributed by atoms with Gasteiger partial charge in [-0.15, -0.1) is 0 Å². The summed E-state index contributed by atoms with van der Waals surface area (Å²) in [7, 11) is 2.39. The van der Waals surface area contributed by atoms with E-state index in [0.717, 1.165) is 17.7 Å². The number of piperidine rings is 1. The van der Waals surface area contributed by atoms with E-state index in [0.29, 0.717) is 30.5 Å². The summed E-state index contributed by atoms with van der Waals surface area (Å²) in [4.78, 5) is 53.5. The number of pyridine rings is 1. The fraction of sp³-hybridized carbons (Fsp3) is 0.526. The van der Waals surface area contributed by atoms with E-state index in [2.05, 4.69) is 10.3 Å². The van der Waals surface area contributed by atoms with Crippen LogP contribution in [0.5, 0.6) is 0 Å². The summed E-state index contributed by atoms with van der Waals surface area (Å²) in [5.41, 5.74) is -3.15. The second kappa shape index (κ2) is 8.16. The first-order chi connectivity index (χ1) is 14.4. The zero-order valence-electron chi connectivity index (χ0n) is 17.2. The van der Waals surface area contributed by atoms with Crippen molar-refractivity contribution in [3.8, 4) is 0 Å². The Balaban J connectivity index is 1.98. The molecule has 0 unspecified atom stereocenters. The lowest BCUT2D eigenvalue weighted by atomic mass is 9.91. The third-order valence-electron chi connectivity index (χ3n) is 5.49. The molecule has 0 aromatic carbocycles. The van der Waals surface area contributed by atoms with Crippen LogP contribution in [0.4, 0.5) is 13.2 Å². The van der Waals surface area contributed by atoms with Crippen molar-refractivity contribution in [2.24, 2.45) is 14.1 Å². The number of hydrogen-bond acceptors (Lipinski definition) is 5. The molecule has 3 rings (SSSR count). The molecule has 2 aromatic rings. The van der Waals surface area contributed by atoms with Crippen LogP contribution in [-0.2, 0) is 29.9 Å². The van der Waals surface area contributed by atoms with Crippen LogP contribution in [0.2, 0.25) is 0 Å². The number of aryl methyl sites for hydroxylation is 1. The van der Waals surface area contributed by atoms with Gasteiger partial charge < -0.3 is 10.2 Å². The SMILES string of the molecule is CC(=O)NCC(=O)N1CCC(c2cc(C(F)(F)F)c3c(=O)n(C)c(=O)n(C)c3n2)CC1. The van der Waals surface area contributed by atoms with E-state index in [-0.39, 0.29) is 35.6 Å². The van der Waals surface area contributed by atoms with Crippen molar-refractivity contribution in [1.29, 1.82) is 0 Å². The Hall–Kier alpha value is -3.18. The number of alkyl halides is 3. The van der Waals surface area contributed by atoms with Gasteiger partial charge in [0.2, 0.25) is 11.8 Å². The van der Waals surface area contributed by atoms with Gasteiger partial charge in [0.25, 0.3) is 5.56 Å². The van der Waals surface area contributed by atoms with Crippen LogP contribution >= 0.6 is 0 Å². The lowest BCUT2D eigenvalue weighted by Gasteiger charge is -2.32. The van der Waals surface area contributed by atoms with Gasteiger partial charge in [0.1, 0.15) is 5.65 Å². The number of halogens is 3. The second-order valence-corrected chi connectivity index (χ2v) is 7.56. The fourth-order valence-electron chi connectivity index (χ4n) is 3.74. The van der Waals surface area contributed by atoms with Crippen LogP contribution in [0.15, 0.2) is 15.7 Å². The molecule has 1 aliphatic rings. The molecule has 0 aliphatic carbocycles. The normalized spacial score (nSPS) is 15.4. The maximum atomic E-state index is 13.8. The average Bonchev–Trinajstić information content (AvgIpc) is 2.73. The van der Waals surface area contributed by atoms with Crippen LogP contribution in [0.3, 0.4) is 0 Å². The molecule has 1 aliphatic heterocycles. The Bertz CT molecular complexity index is 1160. The number of aromatic nitrogens is 3. The van der Waals surface area contributed by atoms with Gasteiger partial charge in [-0.1, -0.05) is 0 Å². The highest BCUT2D eigenvalue weighted by Crippen LogP contribution is 2.36. The summed E-state index contributed by atoms with van der Waals surface area (Å²) >= 11 is 0. The number of carbonyl (C=O) groups is 2.